The first-order valence-electron chi connectivity index (χ1n) is 10.0. The van der Waals surface area contributed by atoms with Crippen molar-refractivity contribution in [1.82, 2.24) is 15.2 Å². The summed E-state index contributed by atoms with van der Waals surface area (Å²) < 4.78 is 5.16. The summed E-state index contributed by atoms with van der Waals surface area (Å²) in [6, 6.07) is 16.3. The number of carbonyl (C=O) groups excluding carboxylic acids is 1. The van der Waals surface area contributed by atoms with E-state index in [4.69, 9.17) is 4.74 Å². The van der Waals surface area contributed by atoms with Crippen LogP contribution in [0.2, 0.25) is 0 Å². The maximum atomic E-state index is 12.3. The fourth-order valence-electron chi connectivity index (χ4n) is 3.34. The molecule has 1 aliphatic rings. The topological polar surface area (TPSA) is 57.2 Å². The lowest BCUT2D eigenvalue weighted by Gasteiger charge is -2.34. The summed E-state index contributed by atoms with van der Waals surface area (Å²) in [7, 11) is 1.64. The van der Waals surface area contributed by atoms with Crippen molar-refractivity contribution < 1.29 is 9.53 Å². The van der Waals surface area contributed by atoms with Gasteiger partial charge in [0.1, 0.15) is 5.75 Å². The van der Waals surface area contributed by atoms with Crippen LogP contribution in [-0.2, 0) is 11.3 Å². The van der Waals surface area contributed by atoms with Crippen LogP contribution in [-0.4, -0.2) is 61.3 Å². The van der Waals surface area contributed by atoms with Gasteiger partial charge in [-0.05, 0) is 49.2 Å². The summed E-state index contributed by atoms with van der Waals surface area (Å²) in [6.07, 6.45) is 0. The average molecular weight is 395 g/mol. The Hall–Kier alpha value is -2.70. The number of methoxy groups -OCH3 is 1. The van der Waals surface area contributed by atoms with Gasteiger partial charge in [0.05, 0.1) is 19.4 Å². The summed E-state index contributed by atoms with van der Waals surface area (Å²) in [5, 5.41) is 4.23. The highest BCUT2D eigenvalue weighted by molar-refractivity contribution is 5.99. The Bertz CT molecular complexity index is 823. The molecular weight excluding hydrogens is 364 g/mol. The molecule has 6 nitrogen and oxygen atoms in total. The number of benzene rings is 2. The molecular formula is C23H30N4O2. The lowest BCUT2D eigenvalue weighted by atomic mass is 10.1. The van der Waals surface area contributed by atoms with E-state index in [-0.39, 0.29) is 5.91 Å². The number of rotatable bonds is 7. The van der Waals surface area contributed by atoms with Gasteiger partial charge in [-0.1, -0.05) is 29.8 Å². The van der Waals surface area contributed by atoms with Gasteiger partial charge in [-0.2, -0.15) is 5.10 Å². The second kappa shape index (κ2) is 10.2. The molecule has 0 radical (unpaired) electrons. The van der Waals surface area contributed by atoms with Crippen LogP contribution in [0.5, 0.6) is 5.75 Å². The predicted molar refractivity (Wildman–Crippen MR) is 116 cm³/mol. The fraction of sp³-hybridized carbons (Fsp3) is 0.391. The molecule has 1 saturated heterocycles. The Morgan fingerprint density at radius 1 is 1.00 bits per heavy atom. The van der Waals surface area contributed by atoms with E-state index in [1.807, 2.05) is 31.2 Å². The normalized spacial score (nSPS) is 15.9. The Morgan fingerprint density at radius 3 is 2.24 bits per heavy atom. The summed E-state index contributed by atoms with van der Waals surface area (Å²) in [6.45, 7) is 9.04. The molecule has 1 amide bonds. The maximum Gasteiger partial charge on any atom is 0.254 e. The van der Waals surface area contributed by atoms with Crippen molar-refractivity contribution in [2.45, 2.75) is 20.4 Å². The first-order chi connectivity index (χ1) is 14.0. The van der Waals surface area contributed by atoms with Crippen molar-refractivity contribution in [2.24, 2.45) is 5.10 Å². The SMILES string of the molecule is COc1ccc(C(C)=NNC(=O)CN2CCN(Cc3ccc(C)cc3)CC2)cc1. The number of aryl methyl sites for hydroxylation is 1. The van der Waals surface area contributed by atoms with Gasteiger partial charge >= 0.3 is 0 Å². The molecule has 1 fully saturated rings. The molecule has 2 aromatic carbocycles. The summed E-state index contributed by atoms with van der Waals surface area (Å²) in [5.41, 5.74) is 7.02. The van der Waals surface area contributed by atoms with Crippen molar-refractivity contribution in [2.75, 3.05) is 39.8 Å². The van der Waals surface area contributed by atoms with Gasteiger partial charge in [-0.25, -0.2) is 5.43 Å². The molecule has 154 valence electrons. The van der Waals surface area contributed by atoms with Gasteiger partial charge in [-0.3, -0.25) is 14.6 Å². The van der Waals surface area contributed by atoms with Crippen LogP contribution >= 0.6 is 0 Å². The van der Waals surface area contributed by atoms with Crippen LogP contribution in [0.3, 0.4) is 0 Å². The Morgan fingerprint density at radius 2 is 1.62 bits per heavy atom. The number of amides is 1. The molecule has 1 heterocycles. The van der Waals surface area contributed by atoms with E-state index in [9.17, 15) is 4.79 Å². The standard InChI is InChI=1S/C23H30N4O2/c1-18-4-6-20(7-5-18)16-26-12-14-27(15-13-26)17-23(28)25-24-19(2)21-8-10-22(29-3)11-9-21/h4-11H,12-17H2,1-3H3,(H,25,28). The zero-order valence-electron chi connectivity index (χ0n) is 17.5. The van der Waals surface area contributed by atoms with E-state index < -0.39 is 0 Å². The number of hydrogen-bond acceptors (Lipinski definition) is 5. The molecule has 29 heavy (non-hydrogen) atoms. The number of hydrazone groups is 1. The van der Waals surface area contributed by atoms with E-state index in [2.05, 4.69) is 51.5 Å². The highest BCUT2D eigenvalue weighted by atomic mass is 16.5. The number of nitrogens with zero attached hydrogens (tertiary/aromatic N) is 3. The van der Waals surface area contributed by atoms with Crippen LogP contribution in [0.25, 0.3) is 0 Å². The van der Waals surface area contributed by atoms with Gasteiger partial charge < -0.3 is 4.74 Å². The number of nitrogens with one attached hydrogen (secondary N) is 1. The number of carbonyl (C=O) groups is 1. The van der Waals surface area contributed by atoms with Gasteiger partial charge in [0.2, 0.25) is 0 Å². The Balaban J connectivity index is 1.41. The first kappa shape index (κ1) is 21.0. The maximum absolute atomic E-state index is 12.3. The molecule has 0 unspecified atom stereocenters. The molecule has 0 saturated carbocycles. The van der Waals surface area contributed by atoms with Gasteiger partial charge in [0.25, 0.3) is 5.91 Å². The second-order valence-electron chi connectivity index (χ2n) is 7.50. The third-order valence-electron chi connectivity index (χ3n) is 5.22. The molecule has 1 aliphatic heterocycles. The van der Waals surface area contributed by atoms with Crippen LogP contribution < -0.4 is 10.2 Å². The van der Waals surface area contributed by atoms with Crippen LogP contribution in [0.15, 0.2) is 53.6 Å². The van der Waals surface area contributed by atoms with Crippen LogP contribution in [0.4, 0.5) is 0 Å². The lowest BCUT2D eigenvalue weighted by molar-refractivity contribution is -0.122. The van der Waals surface area contributed by atoms with Gasteiger partial charge in [0.15, 0.2) is 0 Å². The van der Waals surface area contributed by atoms with Crippen LogP contribution in [0, 0.1) is 6.92 Å². The van der Waals surface area contributed by atoms with Crippen molar-refractivity contribution in [1.29, 1.82) is 0 Å². The second-order valence-corrected chi connectivity index (χ2v) is 7.50. The van der Waals surface area contributed by atoms with E-state index >= 15 is 0 Å². The highest BCUT2D eigenvalue weighted by Crippen LogP contribution is 2.12. The molecule has 0 spiro atoms. The van der Waals surface area contributed by atoms with E-state index in [0.29, 0.717) is 6.54 Å². The molecule has 6 heteroatoms. The summed E-state index contributed by atoms with van der Waals surface area (Å²) in [5.74, 6) is 0.719. The van der Waals surface area contributed by atoms with Gasteiger partial charge in [-0.15, -0.1) is 0 Å². The zero-order valence-corrected chi connectivity index (χ0v) is 17.5. The van der Waals surface area contributed by atoms with Gasteiger partial charge in [0, 0.05) is 32.7 Å². The van der Waals surface area contributed by atoms with E-state index in [1.165, 1.54) is 11.1 Å². The molecule has 2 aromatic rings. The van der Waals surface area contributed by atoms with E-state index in [0.717, 1.165) is 49.7 Å². The molecule has 1 N–H and O–H groups in total. The number of hydrogen-bond donors (Lipinski definition) is 1. The molecule has 0 aromatic heterocycles. The summed E-state index contributed by atoms with van der Waals surface area (Å²) in [4.78, 5) is 16.9. The monoisotopic (exact) mass is 394 g/mol. The molecule has 0 bridgehead atoms. The lowest BCUT2D eigenvalue weighted by Crippen LogP contribution is -2.48. The molecule has 0 atom stereocenters. The van der Waals surface area contributed by atoms with Crippen molar-refractivity contribution >= 4 is 11.6 Å². The Labute approximate surface area is 173 Å². The molecule has 3 rings (SSSR count). The third-order valence-corrected chi connectivity index (χ3v) is 5.22. The quantitative estimate of drug-likeness (QED) is 0.579. The first-order valence-corrected chi connectivity index (χ1v) is 10.0. The minimum atomic E-state index is -0.0788. The van der Waals surface area contributed by atoms with Crippen molar-refractivity contribution in [3.05, 3.63) is 65.2 Å². The fourth-order valence-corrected chi connectivity index (χ4v) is 3.34. The predicted octanol–water partition coefficient (Wildman–Crippen LogP) is 2.66. The third kappa shape index (κ3) is 6.41. The zero-order chi connectivity index (χ0) is 20.6. The Kier molecular flexibility index (Phi) is 7.38. The number of piperazine rings is 1. The van der Waals surface area contributed by atoms with Crippen LogP contribution in [0.1, 0.15) is 23.6 Å². The summed E-state index contributed by atoms with van der Waals surface area (Å²) >= 11 is 0. The minimum Gasteiger partial charge on any atom is -0.497 e. The van der Waals surface area contributed by atoms with Crippen molar-refractivity contribution in [3.63, 3.8) is 0 Å². The molecule has 0 aliphatic carbocycles. The average Bonchev–Trinajstić information content (AvgIpc) is 2.75. The van der Waals surface area contributed by atoms with E-state index in [1.54, 1.807) is 7.11 Å². The minimum absolute atomic E-state index is 0.0788. The smallest absolute Gasteiger partial charge is 0.254 e. The largest absolute Gasteiger partial charge is 0.497 e. The van der Waals surface area contributed by atoms with Crippen molar-refractivity contribution in [3.8, 4) is 5.75 Å². The number of ether oxygens (including phenoxy) is 1. The highest BCUT2D eigenvalue weighted by Gasteiger charge is 2.19.